The number of nitrogens with one attached hydrogen (secondary N) is 1. The summed E-state index contributed by atoms with van der Waals surface area (Å²) in [6.45, 7) is 5.27. The minimum absolute atomic E-state index is 0.395. The summed E-state index contributed by atoms with van der Waals surface area (Å²) in [5.74, 6) is 1.57. The third-order valence-electron chi connectivity index (χ3n) is 3.26. The van der Waals surface area contributed by atoms with E-state index in [1.165, 1.54) is 5.56 Å². The summed E-state index contributed by atoms with van der Waals surface area (Å²) in [4.78, 5) is 0. The molecule has 0 heterocycles. The van der Waals surface area contributed by atoms with Crippen molar-refractivity contribution < 1.29 is 4.74 Å². The zero-order chi connectivity index (χ0) is 15.2. The average molecular weight is 369 g/mol. The van der Waals surface area contributed by atoms with Crippen molar-refractivity contribution in [3.05, 3.63) is 57.5 Å². The van der Waals surface area contributed by atoms with Crippen molar-refractivity contribution in [3.8, 4) is 11.5 Å². The zero-order valence-electron chi connectivity index (χ0n) is 12.2. The second-order valence-electron chi connectivity index (χ2n) is 4.76. The summed E-state index contributed by atoms with van der Waals surface area (Å²) in [6, 6.07) is 14.1. The highest BCUT2D eigenvalue weighted by molar-refractivity contribution is 9.10. The minimum atomic E-state index is 0.395. The molecule has 21 heavy (non-hydrogen) atoms. The van der Waals surface area contributed by atoms with E-state index < -0.39 is 0 Å². The molecule has 1 atom stereocenters. The molecule has 0 aromatic heterocycles. The van der Waals surface area contributed by atoms with Gasteiger partial charge in [-0.25, -0.2) is 0 Å². The number of benzene rings is 2. The molecule has 0 aliphatic heterocycles. The summed E-state index contributed by atoms with van der Waals surface area (Å²) < 4.78 is 6.71. The van der Waals surface area contributed by atoms with Crippen LogP contribution in [0.1, 0.15) is 31.9 Å². The average Bonchev–Trinajstić information content (AvgIpc) is 2.48. The largest absolute Gasteiger partial charge is 0.456 e. The van der Waals surface area contributed by atoms with Crippen molar-refractivity contribution in [2.45, 2.75) is 26.3 Å². The van der Waals surface area contributed by atoms with Crippen LogP contribution in [-0.2, 0) is 0 Å². The zero-order valence-corrected chi connectivity index (χ0v) is 14.5. The Hall–Kier alpha value is -1.03. The normalized spacial score (nSPS) is 12.2. The molecule has 2 aromatic rings. The lowest BCUT2D eigenvalue weighted by Gasteiger charge is -2.16. The molecule has 1 unspecified atom stereocenters. The molecule has 0 amide bonds. The third kappa shape index (κ3) is 4.47. The van der Waals surface area contributed by atoms with E-state index in [9.17, 15) is 0 Å². The van der Waals surface area contributed by atoms with E-state index in [1.54, 1.807) is 0 Å². The molecule has 0 radical (unpaired) electrons. The van der Waals surface area contributed by atoms with Gasteiger partial charge in [-0.3, -0.25) is 0 Å². The lowest BCUT2D eigenvalue weighted by molar-refractivity contribution is 0.478. The molecular weight excluding hydrogens is 350 g/mol. The van der Waals surface area contributed by atoms with Gasteiger partial charge in [-0.2, -0.15) is 0 Å². The topological polar surface area (TPSA) is 21.3 Å². The molecule has 0 saturated heterocycles. The highest BCUT2D eigenvalue weighted by Crippen LogP contribution is 2.32. The second kappa shape index (κ2) is 7.83. The Morgan fingerprint density at radius 3 is 2.43 bits per heavy atom. The molecule has 0 fully saturated rings. The van der Waals surface area contributed by atoms with E-state index in [-0.39, 0.29) is 0 Å². The summed E-state index contributed by atoms with van der Waals surface area (Å²) >= 11 is 9.38. The van der Waals surface area contributed by atoms with Crippen molar-refractivity contribution in [3.63, 3.8) is 0 Å². The standard InChI is InChI=1S/C17H19BrClNO/c1-3-16(20-4-2)12-5-8-14(9-6-12)21-17-10-7-13(19)11-15(17)18/h5-11,16,20H,3-4H2,1-2H3. The van der Waals surface area contributed by atoms with Gasteiger partial charge in [0.1, 0.15) is 11.5 Å². The van der Waals surface area contributed by atoms with Gasteiger partial charge >= 0.3 is 0 Å². The van der Waals surface area contributed by atoms with Crippen LogP contribution >= 0.6 is 27.5 Å². The molecule has 2 aromatic carbocycles. The summed E-state index contributed by atoms with van der Waals surface area (Å²) in [6.07, 6.45) is 1.07. The fourth-order valence-electron chi connectivity index (χ4n) is 2.20. The Bertz CT molecular complexity index is 586. The van der Waals surface area contributed by atoms with Crippen LogP contribution in [0.25, 0.3) is 0 Å². The van der Waals surface area contributed by atoms with Crippen LogP contribution in [0.3, 0.4) is 0 Å². The fraction of sp³-hybridized carbons (Fsp3) is 0.294. The Morgan fingerprint density at radius 2 is 1.86 bits per heavy atom. The first-order valence-electron chi connectivity index (χ1n) is 7.10. The van der Waals surface area contributed by atoms with Gasteiger partial charge in [0.05, 0.1) is 4.47 Å². The molecular formula is C17H19BrClNO. The maximum absolute atomic E-state index is 5.93. The molecule has 2 rings (SSSR count). The molecule has 4 heteroatoms. The van der Waals surface area contributed by atoms with Crippen molar-refractivity contribution in [2.75, 3.05) is 6.54 Å². The minimum Gasteiger partial charge on any atom is -0.456 e. The van der Waals surface area contributed by atoms with Crippen molar-refractivity contribution in [2.24, 2.45) is 0 Å². The first-order valence-corrected chi connectivity index (χ1v) is 8.27. The van der Waals surface area contributed by atoms with Gasteiger partial charge in [0, 0.05) is 11.1 Å². The summed E-state index contributed by atoms with van der Waals surface area (Å²) in [5, 5.41) is 4.15. The van der Waals surface area contributed by atoms with Crippen LogP contribution in [0.4, 0.5) is 0 Å². The van der Waals surface area contributed by atoms with Crippen LogP contribution in [0, 0.1) is 0 Å². The first kappa shape index (κ1) is 16.3. The van der Waals surface area contributed by atoms with Gasteiger partial charge in [-0.1, -0.05) is 37.6 Å². The maximum atomic E-state index is 5.93. The predicted molar refractivity (Wildman–Crippen MR) is 92.4 cm³/mol. The Labute approximate surface area is 139 Å². The van der Waals surface area contributed by atoms with E-state index >= 15 is 0 Å². The van der Waals surface area contributed by atoms with E-state index in [1.807, 2.05) is 30.3 Å². The Kier molecular flexibility index (Phi) is 6.09. The fourth-order valence-corrected chi connectivity index (χ4v) is 2.96. The summed E-state index contributed by atoms with van der Waals surface area (Å²) in [7, 11) is 0. The molecule has 0 aliphatic rings. The quantitative estimate of drug-likeness (QED) is 0.679. The van der Waals surface area contributed by atoms with E-state index in [4.69, 9.17) is 16.3 Å². The molecule has 0 saturated carbocycles. The van der Waals surface area contributed by atoms with Gasteiger partial charge in [0.2, 0.25) is 0 Å². The van der Waals surface area contributed by atoms with Crippen LogP contribution in [-0.4, -0.2) is 6.54 Å². The van der Waals surface area contributed by atoms with Crippen LogP contribution < -0.4 is 10.1 Å². The van der Waals surface area contributed by atoms with Crippen molar-refractivity contribution in [1.29, 1.82) is 0 Å². The lowest BCUT2D eigenvalue weighted by atomic mass is 10.0. The molecule has 1 N–H and O–H groups in total. The highest BCUT2D eigenvalue weighted by Gasteiger charge is 2.08. The number of halogens is 2. The van der Waals surface area contributed by atoms with Gasteiger partial charge in [-0.15, -0.1) is 0 Å². The predicted octanol–water partition coefficient (Wildman–Crippen LogP) is 5.96. The van der Waals surface area contributed by atoms with E-state index in [0.717, 1.165) is 28.9 Å². The number of hydrogen-bond donors (Lipinski definition) is 1. The molecule has 0 bridgehead atoms. The monoisotopic (exact) mass is 367 g/mol. The smallest absolute Gasteiger partial charge is 0.141 e. The second-order valence-corrected chi connectivity index (χ2v) is 6.06. The SMILES string of the molecule is CCNC(CC)c1ccc(Oc2ccc(Cl)cc2Br)cc1. The van der Waals surface area contributed by atoms with Gasteiger partial charge in [-0.05, 0) is 64.8 Å². The molecule has 0 spiro atoms. The van der Waals surface area contributed by atoms with Gasteiger partial charge in [0.25, 0.3) is 0 Å². The van der Waals surface area contributed by atoms with Crippen LogP contribution in [0.2, 0.25) is 5.02 Å². The van der Waals surface area contributed by atoms with Crippen LogP contribution in [0.5, 0.6) is 11.5 Å². The summed E-state index contributed by atoms with van der Waals surface area (Å²) in [5.41, 5.74) is 1.28. The van der Waals surface area contributed by atoms with Gasteiger partial charge in [0.15, 0.2) is 0 Å². The first-order chi connectivity index (χ1) is 10.1. The number of hydrogen-bond acceptors (Lipinski definition) is 2. The Balaban J connectivity index is 2.11. The number of rotatable bonds is 6. The lowest BCUT2D eigenvalue weighted by Crippen LogP contribution is -2.19. The Morgan fingerprint density at radius 1 is 1.14 bits per heavy atom. The van der Waals surface area contributed by atoms with Gasteiger partial charge < -0.3 is 10.1 Å². The van der Waals surface area contributed by atoms with E-state index in [2.05, 4.69) is 47.2 Å². The van der Waals surface area contributed by atoms with Crippen molar-refractivity contribution >= 4 is 27.5 Å². The third-order valence-corrected chi connectivity index (χ3v) is 4.12. The highest BCUT2D eigenvalue weighted by atomic mass is 79.9. The van der Waals surface area contributed by atoms with Crippen molar-refractivity contribution in [1.82, 2.24) is 5.32 Å². The molecule has 112 valence electrons. The maximum Gasteiger partial charge on any atom is 0.141 e. The molecule has 2 nitrogen and oxygen atoms in total. The molecule has 0 aliphatic carbocycles. The van der Waals surface area contributed by atoms with Crippen LogP contribution in [0.15, 0.2) is 46.9 Å². The number of ether oxygens (including phenoxy) is 1. The van der Waals surface area contributed by atoms with E-state index in [0.29, 0.717) is 11.1 Å².